The summed E-state index contributed by atoms with van der Waals surface area (Å²) in [7, 11) is 3.24. The molecule has 11 heavy (non-hydrogen) atoms. The van der Waals surface area contributed by atoms with Crippen LogP contribution in [0.4, 0.5) is 0 Å². The quantitative estimate of drug-likeness (QED) is 0.595. The summed E-state index contributed by atoms with van der Waals surface area (Å²) in [5.41, 5.74) is 0. The van der Waals surface area contributed by atoms with Crippen LogP contribution in [0.5, 0.6) is 0 Å². The van der Waals surface area contributed by atoms with Crippen LogP contribution in [0.15, 0.2) is 0 Å². The first-order valence-corrected chi connectivity index (χ1v) is 3.94. The van der Waals surface area contributed by atoms with Crippen LogP contribution < -0.4 is 0 Å². The minimum absolute atomic E-state index is 0.117. The van der Waals surface area contributed by atoms with Crippen LogP contribution >= 0.6 is 0 Å². The van der Waals surface area contributed by atoms with Crippen molar-refractivity contribution in [2.75, 3.05) is 14.2 Å². The maximum atomic E-state index is 8.93. The molecule has 0 fully saturated rings. The van der Waals surface area contributed by atoms with Crippen LogP contribution in [0.2, 0.25) is 0 Å². The summed E-state index contributed by atoms with van der Waals surface area (Å²) in [5.74, 6) is 0. The van der Waals surface area contributed by atoms with Crippen molar-refractivity contribution in [2.45, 2.75) is 38.6 Å². The second kappa shape index (κ2) is 6.58. The number of aliphatic hydroxyl groups excluding tert-OH is 1. The van der Waals surface area contributed by atoms with Gasteiger partial charge < -0.3 is 14.6 Å². The van der Waals surface area contributed by atoms with Gasteiger partial charge in [0, 0.05) is 14.2 Å². The van der Waals surface area contributed by atoms with Gasteiger partial charge in [0.2, 0.25) is 0 Å². The molecule has 0 saturated heterocycles. The number of hydrogen-bond donors (Lipinski definition) is 1. The molecule has 0 aliphatic heterocycles. The highest BCUT2D eigenvalue weighted by atomic mass is 16.7. The molecule has 0 aromatic heterocycles. The van der Waals surface area contributed by atoms with E-state index in [0.717, 1.165) is 19.3 Å². The van der Waals surface area contributed by atoms with Crippen molar-refractivity contribution in [1.29, 1.82) is 0 Å². The van der Waals surface area contributed by atoms with Gasteiger partial charge in [-0.15, -0.1) is 0 Å². The molecule has 0 radical (unpaired) electrons. The van der Waals surface area contributed by atoms with Crippen molar-refractivity contribution in [2.24, 2.45) is 0 Å². The fourth-order valence-corrected chi connectivity index (χ4v) is 0.912. The lowest BCUT2D eigenvalue weighted by atomic mass is 10.2. The first-order valence-electron chi connectivity index (χ1n) is 3.94. The van der Waals surface area contributed by atoms with Gasteiger partial charge in [0.1, 0.15) is 0 Å². The van der Waals surface area contributed by atoms with E-state index in [9.17, 15) is 0 Å². The average Bonchev–Trinajstić information content (AvgIpc) is 1.98. The standard InChI is InChI=1S/C8H18O3/c1-7(9)5-4-6-8(10-2)11-3/h7-9H,4-6H2,1-3H3. The van der Waals surface area contributed by atoms with Crippen LogP contribution in [0.3, 0.4) is 0 Å². The first-order chi connectivity index (χ1) is 5.20. The Kier molecular flexibility index (Phi) is 6.51. The molecule has 0 spiro atoms. The van der Waals surface area contributed by atoms with Gasteiger partial charge in [-0.25, -0.2) is 0 Å². The SMILES string of the molecule is COC(CCCC(C)O)OC. The molecular weight excluding hydrogens is 144 g/mol. The Labute approximate surface area is 68.3 Å². The second-order valence-corrected chi connectivity index (χ2v) is 2.68. The molecule has 1 unspecified atom stereocenters. The van der Waals surface area contributed by atoms with Crippen molar-refractivity contribution < 1.29 is 14.6 Å². The predicted molar refractivity (Wildman–Crippen MR) is 43.3 cm³/mol. The highest BCUT2D eigenvalue weighted by Gasteiger charge is 2.04. The molecule has 0 amide bonds. The highest BCUT2D eigenvalue weighted by Crippen LogP contribution is 2.06. The highest BCUT2D eigenvalue weighted by molar-refractivity contribution is 4.50. The monoisotopic (exact) mass is 162 g/mol. The third kappa shape index (κ3) is 6.28. The molecule has 0 aliphatic carbocycles. The largest absolute Gasteiger partial charge is 0.393 e. The summed E-state index contributed by atoms with van der Waals surface area (Å²) in [5, 5.41) is 8.93. The molecular formula is C8H18O3. The van der Waals surface area contributed by atoms with E-state index in [1.54, 1.807) is 21.1 Å². The number of hydrogen-bond acceptors (Lipinski definition) is 3. The van der Waals surface area contributed by atoms with E-state index < -0.39 is 0 Å². The Morgan fingerprint density at radius 1 is 1.18 bits per heavy atom. The molecule has 0 bridgehead atoms. The van der Waals surface area contributed by atoms with Gasteiger partial charge >= 0.3 is 0 Å². The third-order valence-corrected chi connectivity index (χ3v) is 1.59. The maximum absolute atomic E-state index is 8.93. The van der Waals surface area contributed by atoms with E-state index in [-0.39, 0.29) is 12.4 Å². The minimum Gasteiger partial charge on any atom is -0.393 e. The average molecular weight is 162 g/mol. The zero-order valence-corrected chi connectivity index (χ0v) is 7.54. The molecule has 3 heteroatoms. The normalized spacial score (nSPS) is 13.9. The summed E-state index contributed by atoms with van der Waals surface area (Å²) >= 11 is 0. The lowest BCUT2D eigenvalue weighted by molar-refractivity contribution is -0.107. The van der Waals surface area contributed by atoms with Gasteiger partial charge in [0.05, 0.1) is 6.10 Å². The second-order valence-electron chi connectivity index (χ2n) is 2.68. The van der Waals surface area contributed by atoms with E-state index in [4.69, 9.17) is 14.6 Å². The van der Waals surface area contributed by atoms with Gasteiger partial charge in [-0.2, -0.15) is 0 Å². The lowest BCUT2D eigenvalue weighted by Crippen LogP contribution is -2.13. The summed E-state index contributed by atoms with van der Waals surface area (Å²) < 4.78 is 9.95. The molecule has 1 atom stereocenters. The van der Waals surface area contributed by atoms with Crippen LogP contribution in [-0.4, -0.2) is 31.7 Å². The molecule has 0 saturated carbocycles. The fraction of sp³-hybridized carbons (Fsp3) is 1.00. The fourth-order valence-electron chi connectivity index (χ4n) is 0.912. The van der Waals surface area contributed by atoms with Crippen molar-refractivity contribution in [3.8, 4) is 0 Å². The van der Waals surface area contributed by atoms with E-state index >= 15 is 0 Å². The molecule has 0 aliphatic rings. The molecule has 0 aromatic rings. The Balaban J connectivity index is 3.21. The van der Waals surface area contributed by atoms with Crippen molar-refractivity contribution in [3.63, 3.8) is 0 Å². The van der Waals surface area contributed by atoms with Crippen LogP contribution in [0.1, 0.15) is 26.2 Å². The summed E-state index contributed by atoms with van der Waals surface area (Å²) in [6, 6.07) is 0. The number of methoxy groups -OCH3 is 2. The Morgan fingerprint density at radius 3 is 2.09 bits per heavy atom. The zero-order chi connectivity index (χ0) is 8.69. The lowest BCUT2D eigenvalue weighted by Gasteiger charge is -2.13. The van der Waals surface area contributed by atoms with E-state index in [2.05, 4.69) is 0 Å². The number of rotatable bonds is 6. The van der Waals surface area contributed by atoms with E-state index in [0.29, 0.717) is 0 Å². The Bertz CT molecular complexity index is 79.4. The van der Waals surface area contributed by atoms with Crippen LogP contribution in [0, 0.1) is 0 Å². The maximum Gasteiger partial charge on any atom is 0.156 e. The molecule has 3 nitrogen and oxygen atoms in total. The van der Waals surface area contributed by atoms with Gasteiger partial charge in [-0.1, -0.05) is 0 Å². The topological polar surface area (TPSA) is 38.7 Å². The third-order valence-electron chi connectivity index (χ3n) is 1.59. The summed E-state index contributed by atoms with van der Waals surface area (Å²) in [4.78, 5) is 0. The minimum atomic E-state index is -0.218. The molecule has 0 rings (SSSR count). The molecule has 1 N–H and O–H groups in total. The van der Waals surface area contributed by atoms with E-state index in [1.807, 2.05) is 0 Å². The Hall–Kier alpha value is -0.120. The number of ether oxygens (including phenoxy) is 2. The van der Waals surface area contributed by atoms with Crippen LogP contribution in [-0.2, 0) is 9.47 Å². The van der Waals surface area contributed by atoms with Gasteiger partial charge in [-0.3, -0.25) is 0 Å². The van der Waals surface area contributed by atoms with Crippen molar-refractivity contribution in [3.05, 3.63) is 0 Å². The van der Waals surface area contributed by atoms with Crippen LogP contribution in [0.25, 0.3) is 0 Å². The summed E-state index contributed by atoms with van der Waals surface area (Å²) in [6.45, 7) is 1.79. The Morgan fingerprint density at radius 2 is 1.73 bits per heavy atom. The predicted octanol–water partition coefficient (Wildman–Crippen LogP) is 1.16. The van der Waals surface area contributed by atoms with Gasteiger partial charge in [0.15, 0.2) is 6.29 Å². The summed E-state index contributed by atoms with van der Waals surface area (Å²) in [6.07, 6.45) is 2.25. The molecule has 0 heterocycles. The smallest absolute Gasteiger partial charge is 0.156 e. The van der Waals surface area contributed by atoms with Crippen molar-refractivity contribution >= 4 is 0 Å². The van der Waals surface area contributed by atoms with Crippen molar-refractivity contribution in [1.82, 2.24) is 0 Å². The zero-order valence-electron chi connectivity index (χ0n) is 7.54. The van der Waals surface area contributed by atoms with Gasteiger partial charge in [0.25, 0.3) is 0 Å². The van der Waals surface area contributed by atoms with E-state index in [1.165, 1.54) is 0 Å². The van der Waals surface area contributed by atoms with Gasteiger partial charge in [-0.05, 0) is 26.2 Å². The molecule has 68 valence electrons. The molecule has 0 aromatic carbocycles. The number of aliphatic hydroxyl groups is 1. The first kappa shape index (κ1) is 10.9.